The highest BCUT2D eigenvalue weighted by atomic mass is 32.2. The maximum Gasteiger partial charge on any atom is 0.352 e. The van der Waals surface area contributed by atoms with Crippen LogP contribution < -0.4 is 0 Å². The highest BCUT2D eigenvalue weighted by molar-refractivity contribution is 7.89. The molecule has 1 aromatic rings. The lowest BCUT2D eigenvalue weighted by molar-refractivity contribution is 0.0685. The van der Waals surface area contributed by atoms with Crippen LogP contribution in [0.3, 0.4) is 0 Å². The summed E-state index contributed by atoms with van der Waals surface area (Å²) in [4.78, 5) is 11.2. The van der Waals surface area contributed by atoms with Crippen molar-refractivity contribution in [2.24, 2.45) is 0 Å². The molecule has 1 N–H and O–H groups in total. The van der Waals surface area contributed by atoms with Gasteiger partial charge in [0.05, 0.1) is 0 Å². The number of carbonyl (C=O) groups is 1. The van der Waals surface area contributed by atoms with E-state index in [0.29, 0.717) is 24.5 Å². The standard InChI is InChI=1S/C12H18N2O5S2/c1-2-3-13-9-10(8-11(13)12(15)16)21(18,19)14-4-6-20(17)7-5-14/h8-9H,2-7H2,1H3,(H,15,16). The molecule has 0 unspecified atom stereocenters. The van der Waals surface area contributed by atoms with Crippen LogP contribution in [0.15, 0.2) is 17.2 Å². The fourth-order valence-electron chi connectivity index (χ4n) is 2.24. The largest absolute Gasteiger partial charge is 0.477 e. The number of nitrogens with zero attached hydrogens (tertiary/aromatic N) is 2. The monoisotopic (exact) mass is 334 g/mol. The minimum atomic E-state index is -3.72. The SMILES string of the molecule is CCCn1cc(S(=O)(=O)N2CCS(=O)CC2)cc1C(=O)O. The van der Waals surface area contributed by atoms with Gasteiger partial charge in [-0.25, -0.2) is 13.2 Å². The Morgan fingerprint density at radius 2 is 2.00 bits per heavy atom. The minimum Gasteiger partial charge on any atom is -0.477 e. The van der Waals surface area contributed by atoms with Gasteiger partial charge in [-0.2, -0.15) is 4.31 Å². The quantitative estimate of drug-likeness (QED) is 0.838. The van der Waals surface area contributed by atoms with Gasteiger partial charge in [0.2, 0.25) is 10.0 Å². The molecule has 2 heterocycles. The molecule has 0 aliphatic carbocycles. The van der Waals surface area contributed by atoms with Gasteiger partial charge < -0.3 is 9.67 Å². The maximum absolute atomic E-state index is 12.5. The number of carboxylic acids is 1. The van der Waals surface area contributed by atoms with Crippen LogP contribution in [-0.2, 0) is 27.4 Å². The van der Waals surface area contributed by atoms with Gasteiger partial charge in [0.25, 0.3) is 0 Å². The fourth-order valence-corrected chi connectivity index (χ4v) is 5.01. The van der Waals surface area contributed by atoms with Crippen LogP contribution in [-0.4, -0.2) is 57.2 Å². The van der Waals surface area contributed by atoms with Crippen molar-refractivity contribution in [3.8, 4) is 0 Å². The van der Waals surface area contributed by atoms with Gasteiger partial charge in [-0.05, 0) is 12.5 Å². The summed E-state index contributed by atoms with van der Waals surface area (Å²) in [5.74, 6) is -0.508. The molecular formula is C12H18N2O5S2. The third-order valence-electron chi connectivity index (χ3n) is 3.33. The average Bonchev–Trinajstić information content (AvgIpc) is 2.84. The Labute approximate surface area is 126 Å². The first-order valence-electron chi connectivity index (χ1n) is 6.65. The van der Waals surface area contributed by atoms with Gasteiger partial charge in [0, 0.05) is 48.1 Å². The molecular weight excluding hydrogens is 316 g/mol. The number of aryl methyl sites for hydroxylation is 1. The molecule has 1 fully saturated rings. The van der Waals surface area contributed by atoms with Crippen molar-refractivity contribution in [2.45, 2.75) is 24.8 Å². The van der Waals surface area contributed by atoms with Crippen LogP contribution in [0.2, 0.25) is 0 Å². The van der Waals surface area contributed by atoms with E-state index >= 15 is 0 Å². The number of hydrogen-bond donors (Lipinski definition) is 1. The first-order valence-corrected chi connectivity index (χ1v) is 9.57. The Balaban J connectivity index is 2.34. The van der Waals surface area contributed by atoms with Crippen LogP contribution in [0.4, 0.5) is 0 Å². The molecule has 7 nitrogen and oxygen atoms in total. The fraction of sp³-hybridized carbons (Fsp3) is 0.583. The first-order chi connectivity index (χ1) is 9.86. The van der Waals surface area contributed by atoms with E-state index in [1.807, 2.05) is 6.92 Å². The molecule has 0 amide bonds. The molecule has 0 bridgehead atoms. The van der Waals surface area contributed by atoms with Crippen molar-refractivity contribution in [3.63, 3.8) is 0 Å². The summed E-state index contributed by atoms with van der Waals surface area (Å²) in [6.07, 6.45) is 2.07. The Kier molecular flexibility index (Phi) is 4.84. The summed E-state index contributed by atoms with van der Waals surface area (Å²) < 4.78 is 39.0. The summed E-state index contributed by atoms with van der Waals surface area (Å²) >= 11 is 0. The van der Waals surface area contributed by atoms with Crippen molar-refractivity contribution in [2.75, 3.05) is 24.6 Å². The third-order valence-corrected chi connectivity index (χ3v) is 6.47. The highest BCUT2D eigenvalue weighted by Gasteiger charge is 2.30. The van der Waals surface area contributed by atoms with E-state index < -0.39 is 26.8 Å². The number of carboxylic acid groups (broad SMARTS) is 1. The lowest BCUT2D eigenvalue weighted by Gasteiger charge is -2.24. The predicted octanol–water partition coefficient (Wildman–Crippen LogP) is 0.349. The van der Waals surface area contributed by atoms with Crippen LogP contribution >= 0.6 is 0 Å². The number of aromatic carboxylic acids is 1. The summed E-state index contributed by atoms with van der Waals surface area (Å²) in [5.41, 5.74) is -0.0315. The van der Waals surface area contributed by atoms with Crippen LogP contribution in [0.1, 0.15) is 23.8 Å². The van der Waals surface area contributed by atoms with Crippen molar-refractivity contribution >= 4 is 26.8 Å². The Morgan fingerprint density at radius 3 is 2.52 bits per heavy atom. The summed E-state index contributed by atoms with van der Waals surface area (Å²) in [5, 5.41) is 9.15. The molecule has 0 aromatic carbocycles. The van der Waals surface area contributed by atoms with Crippen molar-refractivity contribution in [1.82, 2.24) is 8.87 Å². The zero-order chi connectivity index (χ0) is 15.6. The predicted molar refractivity (Wildman–Crippen MR) is 78.3 cm³/mol. The van der Waals surface area contributed by atoms with E-state index in [1.54, 1.807) is 0 Å². The van der Waals surface area contributed by atoms with E-state index in [-0.39, 0.29) is 23.7 Å². The minimum absolute atomic E-state index is 0.0129. The van der Waals surface area contributed by atoms with Crippen molar-refractivity contribution in [1.29, 1.82) is 0 Å². The highest BCUT2D eigenvalue weighted by Crippen LogP contribution is 2.21. The molecule has 0 saturated carbocycles. The van der Waals surface area contributed by atoms with Gasteiger partial charge in [0.15, 0.2) is 0 Å². The van der Waals surface area contributed by atoms with Gasteiger partial charge in [0.1, 0.15) is 10.6 Å². The Hall–Kier alpha value is -1.19. The van der Waals surface area contributed by atoms with E-state index in [1.165, 1.54) is 21.1 Å². The molecule has 21 heavy (non-hydrogen) atoms. The Bertz CT molecular complexity index is 655. The molecule has 0 radical (unpaired) electrons. The van der Waals surface area contributed by atoms with Gasteiger partial charge in [-0.3, -0.25) is 4.21 Å². The number of sulfonamides is 1. The molecule has 1 aliphatic heterocycles. The van der Waals surface area contributed by atoms with Gasteiger partial charge in [-0.15, -0.1) is 0 Å². The second-order valence-corrected chi connectivity index (χ2v) is 8.45. The second-order valence-electron chi connectivity index (χ2n) is 4.81. The average molecular weight is 334 g/mol. The molecule has 118 valence electrons. The van der Waals surface area contributed by atoms with Gasteiger partial charge >= 0.3 is 5.97 Å². The van der Waals surface area contributed by atoms with E-state index in [2.05, 4.69) is 0 Å². The maximum atomic E-state index is 12.5. The summed E-state index contributed by atoms with van der Waals surface area (Å²) in [6.45, 7) is 2.74. The van der Waals surface area contributed by atoms with E-state index in [9.17, 15) is 17.4 Å². The zero-order valence-corrected chi connectivity index (χ0v) is 13.3. The van der Waals surface area contributed by atoms with Gasteiger partial charge in [-0.1, -0.05) is 6.92 Å². The molecule has 1 saturated heterocycles. The second kappa shape index (κ2) is 6.29. The molecule has 1 aromatic heterocycles. The van der Waals surface area contributed by atoms with Crippen molar-refractivity contribution in [3.05, 3.63) is 18.0 Å². The Morgan fingerprint density at radius 1 is 1.38 bits per heavy atom. The molecule has 1 aliphatic rings. The molecule has 0 spiro atoms. The zero-order valence-electron chi connectivity index (χ0n) is 11.7. The van der Waals surface area contributed by atoms with Crippen LogP contribution in [0.5, 0.6) is 0 Å². The third kappa shape index (κ3) is 3.35. The number of rotatable bonds is 5. The lowest BCUT2D eigenvalue weighted by Crippen LogP contribution is -2.41. The van der Waals surface area contributed by atoms with E-state index in [4.69, 9.17) is 5.11 Å². The summed E-state index contributed by atoms with van der Waals surface area (Å²) in [7, 11) is -4.69. The topological polar surface area (TPSA) is 96.7 Å². The number of hydrogen-bond acceptors (Lipinski definition) is 4. The molecule has 9 heteroatoms. The van der Waals surface area contributed by atoms with Crippen molar-refractivity contribution < 1.29 is 22.5 Å². The van der Waals surface area contributed by atoms with Crippen LogP contribution in [0, 0.1) is 0 Å². The van der Waals surface area contributed by atoms with Crippen LogP contribution in [0.25, 0.3) is 0 Å². The summed E-state index contributed by atoms with van der Waals surface area (Å²) in [6, 6.07) is 1.19. The molecule has 0 atom stereocenters. The smallest absolute Gasteiger partial charge is 0.352 e. The first kappa shape index (κ1) is 16.2. The van der Waals surface area contributed by atoms with E-state index in [0.717, 1.165) is 0 Å². The normalized spacial score (nSPS) is 18.0. The number of aromatic nitrogens is 1. The molecule has 2 rings (SSSR count). The lowest BCUT2D eigenvalue weighted by atomic mass is 10.4.